The first-order valence-electron chi connectivity index (χ1n) is 10.3. The second-order valence-electron chi connectivity index (χ2n) is 7.24. The van der Waals surface area contributed by atoms with Crippen LogP contribution in [0.3, 0.4) is 0 Å². The first-order valence-corrected chi connectivity index (χ1v) is 10.3. The summed E-state index contributed by atoms with van der Waals surface area (Å²) in [5, 5.41) is 6.74. The van der Waals surface area contributed by atoms with Crippen LogP contribution < -0.4 is 24.8 Å². The monoisotopic (exact) mass is 535 g/mol. The van der Waals surface area contributed by atoms with E-state index in [1.165, 1.54) is 19.5 Å². The fourth-order valence-electron chi connectivity index (χ4n) is 3.48. The van der Waals surface area contributed by atoms with Crippen molar-refractivity contribution in [2.24, 2.45) is 4.99 Å². The summed E-state index contributed by atoms with van der Waals surface area (Å²) in [5.74, 6) is 2.68. The van der Waals surface area contributed by atoms with Gasteiger partial charge in [0.25, 0.3) is 0 Å². The highest BCUT2D eigenvalue weighted by Crippen LogP contribution is 2.38. The van der Waals surface area contributed by atoms with Gasteiger partial charge in [-0.05, 0) is 57.2 Å². The fraction of sp³-hybridized carbons (Fsp3) is 0.667. The van der Waals surface area contributed by atoms with E-state index in [4.69, 9.17) is 14.2 Å². The summed E-state index contributed by atoms with van der Waals surface area (Å²) in [6, 6.07) is 3.88. The van der Waals surface area contributed by atoms with E-state index in [1.54, 1.807) is 28.4 Å². The standard InChI is InChI=1S/C21H37N5O3.HI/c1-22-21(23-8-6-10-26-11-7-9-25(2)12-13-26)24-16-17-14-18(27-3)20(29-5)19(15-17)28-4;/h14-15H,6-13,16H2,1-5H3,(H2,22,23,24);1H. The predicted octanol–water partition coefficient (Wildman–Crippen LogP) is 2.02. The van der Waals surface area contributed by atoms with Crippen LogP contribution in [-0.2, 0) is 6.54 Å². The molecule has 2 N–H and O–H groups in total. The molecule has 1 aliphatic heterocycles. The SMILES string of the molecule is CN=C(NCCCN1CCCN(C)CC1)NCc1cc(OC)c(OC)c(OC)c1.I. The largest absolute Gasteiger partial charge is 0.493 e. The van der Waals surface area contributed by atoms with E-state index < -0.39 is 0 Å². The minimum atomic E-state index is 0. The Balaban J connectivity index is 0.00000450. The molecule has 0 spiro atoms. The molecule has 0 atom stereocenters. The average molecular weight is 535 g/mol. The molecule has 1 aromatic carbocycles. The van der Waals surface area contributed by atoms with E-state index in [2.05, 4.69) is 32.5 Å². The molecule has 172 valence electrons. The molecule has 1 fully saturated rings. The van der Waals surface area contributed by atoms with Crippen LogP contribution in [-0.4, -0.2) is 90.5 Å². The molecule has 0 bridgehead atoms. The van der Waals surface area contributed by atoms with Crippen molar-refractivity contribution in [1.29, 1.82) is 0 Å². The maximum absolute atomic E-state index is 5.42. The number of benzene rings is 1. The Kier molecular flexibility index (Phi) is 12.9. The molecule has 8 nitrogen and oxygen atoms in total. The van der Waals surface area contributed by atoms with Gasteiger partial charge in [0.15, 0.2) is 17.5 Å². The number of rotatable bonds is 9. The second-order valence-corrected chi connectivity index (χ2v) is 7.24. The van der Waals surface area contributed by atoms with Gasteiger partial charge in [0, 0.05) is 33.2 Å². The zero-order valence-corrected chi connectivity index (χ0v) is 21.3. The van der Waals surface area contributed by atoms with Gasteiger partial charge in [-0.15, -0.1) is 24.0 Å². The third-order valence-corrected chi connectivity index (χ3v) is 5.16. The van der Waals surface area contributed by atoms with Crippen molar-refractivity contribution in [3.63, 3.8) is 0 Å². The lowest BCUT2D eigenvalue weighted by Gasteiger charge is -2.20. The van der Waals surface area contributed by atoms with E-state index in [-0.39, 0.29) is 24.0 Å². The first-order chi connectivity index (χ1) is 14.1. The number of ether oxygens (including phenoxy) is 3. The van der Waals surface area contributed by atoms with Gasteiger partial charge >= 0.3 is 0 Å². The molecule has 1 aromatic rings. The van der Waals surface area contributed by atoms with Crippen LogP contribution in [0.25, 0.3) is 0 Å². The van der Waals surface area contributed by atoms with Crippen LogP contribution in [0.5, 0.6) is 17.2 Å². The maximum Gasteiger partial charge on any atom is 0.203 e. The van der Waals surface area contributed by atoms with Crippen LogP contribution in [0.15, 0.2) is 17.1 Å². The van der Waals surface area contributed by atoms with Gasteiger partial charge < -0.3 is 34.6 Å². The van der Waals surface area contributed by atoms with Gasteiger partial charge in [0.2, 0.25) is 5.75 Å². The highest BCUT2D eigenvalue weighted by Gasteiger charge is 2.14. The summed E-state index contributed by atoms with van der Waals surface area (Å²) in [6.45, 7) is 7.32. The van der Waals surface area contributed by atoms with Crippen LogP contribution in [0.1, 0.15) is 18.4 Å². The zero-order chi connectivity index (χ0) is 21.1. The summed E-state index contributed by atoms with van der Waals surface area (Å²) >= 11 is 0. The molecule has 30 heavy (non-hydrogen) atoms. The lowest BCUT2D eigenvalue weighted by atomic mass is 10.2. The van der Waals surface area contributed by atoms with E-state index in [1.807, 2.05) is 12.1 Å². The normalized spacial score (nSPS) is 15.7. The van der Waals surface area contributed by atoms with Gasteiger partial charge in [0.05, 0.1) is 21.3 Å². The van der Waals surface area contributed by atoms with E-state index in [0.29, 0.717) is 23.8 Å². The number of aliphatic imine (C=N–C) groups is 1. The molecular formula is C21H38IN5O3. The number of halogens is 1. The number of nitrogens with zero attached hydrogens (tertiary/aromatic N) is 3. The Bertz CT molecular complexity index is 635. The smallest absolute Gasteiger partial charge is 0.203 e. The third-order valence-electron chi connectivity index (χ3n) is 5.16. The highest BCUT2D eigenvalue weighted by molar-refractivity contribution is 14.0. The van der Waals surface area contributed by atoms with E-state index >= 15 is 0 Å². The lowest BCUT2D eigenvalue weighted by Crippen LogP contribution is -2.38. The minimum absolute atomic E-state index is 0. The summed E-state index contributed by atoms with van der Waals surface area (Å²) < 4.78 is 16.2. The van der Waals surface area contributed by atoms with E-state index in [9.17, 15) is 0 Å². The van der Waals surface area contributed by atoms with Gasteiger partial charge in [0.1, 0.15) is 0 Å². The topological polar surface area (TPSA) is 70.6 Å². The molecule has 0 unspecified atom stereocenters. The van der Waals surface area contributed by atoms with Crippen molar-refractivity contribution < 1.29 is 14.2 Å². The number of methoxy groups -OCH3 is 3. The van der Waals surface area contributed by atoms with E-state index in [0.717, 1.165) is 44.1 Å². The Morgan fingerprint density at radius 1 is 1.00 bits per heavy atom. The number of guanidine groups is 1. The molecule has 0 radical (unpaired) electrons. The average Bonchev–Trinajstić information content (AvgIpc) is 2.96. The summed E-state index contributed by atoms with van der Waals surface area (Å²) in [6.07, 6.45) is 2.34. The molecule has 1 saturated heterocycles. The van der Waals surface area contributed by atoms with Crippen molar-refractivity contribution in [3.05, 3.63) is 17.7 Å². The fourth-order valence-corrected chi connectivity index (χ4v) is 3.48. The zero-order valence-electron chi connectivity index (χ0n) is 19.0. The van der Waals surface area contributed by atoms with Gasteiger partial charge in [-0.1, -0.05) is 0 Å². The first kappa shape index (κ1) is 26.6. The van der Waals surface area contributed by atoms with Crippen LogP contribution in [0.2, 0.25) is 0 Å². The van der Waals surface area contributed by atoms with Crippen molar-refractivity contribution in [3.8, 4) is 17.2 Å². The van der Waals surface area contributed by atoms with Crippen molar-refractivity contribution in [2.75, 3.05) is 74.7 Å². The molecule has 1 aliphatic rings. The predicted molar refractivity (Wildman–Crippen MR) is 133 cm³/mol. The third kappa shape index (κ3) is 8.35. The summed E-state index contributed by atoms with van der Waals surface area (Å²) in [7, 11) is 8.84. The van der Waals surface area contributed by atoms with Crippen molar-refractivity contribution >= 4 is 29.9 Å². The van der Waals surface area contributed by atoms with Crippen LogP contribution >= 0.6 is 24.0 Å². The molecule has 0 saturated carbocycles. The molecular weight excluding hydrogens is 497 g/mol. The maximum atomic E-state index is 5.42. The Hall–Kier alpha value is -1.46. The Morgan fingerprint density at radius 2 is 1.70 bits per heavy atom. The number of likely N-dealkylation sites (N-methyl/N-ethyl adjacent to an activating group) is 1. The van der Waals surface area contributed by atoms with Gasteiger partial charge in [-0.2, -0.15) is 0 Å². The van der Waals surface area contributed by atoms with Gasteiger partial charge in [-0.25, -0.2) is 0 Å². The van der Waals surface area contributed by atoms with Crippen LogP contribution in [0.4, 0.5) is 0 Å². The number of hydrogen-bond donors (Lipinski definition) is 2. The molecule has 0 aromatic heterocycles. The molecule has 0 amide bonds. The Labute approximate surface area is 198 Å². The van der Waals surface area contributed by atoms with Crippen LogP contribution in [0, 0.1) is 0 Å². The highest BCUT2D eigenvalue weighted by atomic mass is 127. The lowest BCUT2D eigenvalue weighted by molar-refractivity contribution is 0.274. The molecule has 9 heteroatoms. The Morgan fingerprint density at radius 3 is 2.30 bits per heavy atom. The number of nitrogens with one attached hydrogen (secondary N) is 2. The summed E-state index contributed by atoms with van der Waals surface area (Å²) in [4.78, 5) is 9.28. The molecule has 2 rings (SSSR count). The second kappa shape index (κ2) is 14.5. The minimum Gasteiger partial charge on any atom is -0.493 e. The van der Waals surface area contributed by atoms with Crippen molar-refractivity contribution in [2.45, 2.75) is 19.4 Å². The molecule has 0 aliphatic carbocycles. The van der Waals surface area contributed by atoms with Crippen molar-refractivity contribution in [1.82, 2.24) is 20.4 Å². The van der Waals surface area contributed by atoms with Gasteiger partial charge in [-0.3, -0.25) is 4.99 Å². The molecule has 1 heterocycles. The number of hydrogen-bond acceptors (Lipinski definition) is 6. The summed E-state index contributed by atoms with van der Waals surface area (Å²) in [5.41, 5.74) is 1.02. The quantitative estimate of drug-likeness (QED) is 0.217.